The van der Waals surface area contributed by atoms with Gasteiger partial charge in [0.25, 0.3) is 0 Å². The first-order valence-corrected chi connectivity index (χ1v) is 33.0. The van der Waals surface area contributed by atoms with E-state index in [0.29, 0.717) is 19.3 Å². The Balaban J connectivity index is 1.27. The van der Waals surface area contributed by atoms with Gasteiger partial charge in [-0.3, -0.25) is 4.79 Å². The number of amides is 1. The van der Waals surface area contributed by atoms with Crippen LogP contribution in [-0.4, -0.2) is 193 Å². The van der Waals surface area contributed by atoms with Gasteiger partial charge in [0.15, 0.2) is 18.9 Å². The lowest BCUT2D eigenvalue weighted by molar-refractivity contribution is -0.379. The molecule has 0 spiro atoms. The second-order valence-electron chi connectivity index (χ2n) is 23.2. The first kappa shape index (κ1) is 78.0. The molecule has 0 aromatic carbocycles. The Hall–Kier alpha value is -3.29. The molecule has 19 heteroatoms. The number of ether oxygens (including phenoxy) is 6. The summed E-state index contributed by atoms with van der Waals surface area (Å²) < 4.78 is 34.1. The Morgan fingerprint density at radius 2 is 0.793 bits per heavy atom. The van der Waals surface area contributed by atoms with Gasteiger partial charge in [0.1, 0.15) is 73.2 Å². The van der Waals surface area contributed by atoms with Gasteiger partial charge in [-0.25, -0.2) is 0 Å². The fourth-order valence-electron chi connectivity index (χ4n) is 10.6. The van der Waals surface area contributed by atoms with Gasteiger partial charge in [-0.1, -0.05) is 207 Å². The van der Waals surface area contributed by atoms with Crippen molar-refractivity contribution in [2.75, 3.05) is 26.4 Å². The standard InChI is InChI=1S/C68H115NO18/c1-3-5-7-9-10-11-12-13-14-15-16-17-18-19-20-21-22-23-24-25-26-27-28-29-30-31-32-33-34-35-36-37-38-39-40-42-44-46-56(74)69-51(52(73)45-43-41-8-6-4-2)50-82-66-62(80)59(77)64(54(48-71)84-66)87-68-63(81)60(78)65(55(49-72)85-68)86-67-61(79)58(76)57(75)53(47-70)83-67/h5,7,10-11,13-14,16-17,19-20,22-23,25-26,28-29,51-55,57-68,70-73,75-81H,3-4,6,8-9,12,15,18,21,24,27,30-50H2,1-2H3,(H,69,74)/b7-5-,11-10-,14-13-,17-16-,20-19-,23-22-,26-25-,29-28-. The number of carbonyl (C=O) groups excluding carboxylic acids is 1. The van der Waals surface area contributed by atoms with Crippen molar-refractivity contribution >= 4 is 5.91 Å². The second-order valence-corrected chi connectivity index (χ2v) is 23.2. The molecular formula is C68H115NO18. The van der Waals surface area contributed by atoms with Crippen LogP contribution in [0.15, 0.2) is 97.2 Å². The highest BCUT2D eigenvalue weighted by Gasteiger charge is 2.53. The molecule has 3 fully saturated rings. The van der Waals surface area contributed by atoms with Gasteiger partial charge in [0, 0.05) is 6.42 Å². The van der Waals surface area contributed by atoms with E-state index in [2.05, 4.69) is 116 Å². The number of unbranched alkanes of at least 4 members (excludes halogenated alkanes) is 16. The number of aliphatic hydroxyl groups excluding tert-OH is 11. The molecule has 17 unspecified atom stereocenters. The normalized spacial score (nSPS) is 29.2. The highest BCUT2D eigenvalue weighted by Crippen LogP contribution is 2.33. The van der Waals surface area contributed by atoms with Gasteiger partial charge in [-0.2, -0.15) is 0 Å². The van der Waals surface area contributed by atoms with Crippen LogP contribution >= 0.6 is 0 Å². The maximum Gasteiger partial charge on any atom is 0.220 e. The van der Waals surface area contributed by atoms with Crippen molar-refractivity contribution < 1.29 is 89.4 Å². The Morgan fingerprint density at radius 3 is 1.24 bits per heavy atom. The molecule has 0 radical (unpaired) electrons. The van der Waals surface area contributed by atoms with Crippen LogP contribution in [0.2, 0.25) is 0 Å². The number of hydrogen-bond donors (Lipinski definition) is 12. The molecule has 3 aliphatic heterocycles. The molecule has 3 heterocycles. The lowest BCUT2D eigenvalue weighted by Gasteiger charge is -2.48. The summed E-state index contributed by atoms with van der Waals surface area (Å²) in [5.41, 5.74) is 0. The second kappa shape index (κ2) is 49.4. The highest BCUT2D eigenvalue weighted by molar-refractivity contribution is 5.76. The fourth-order valence-corrected chi connectivity index (χ4v) is 10.6. The number of aliphatic hydroxyl groups is 11. The summed E-state index contributed by atoms with van der Waals surface area (Å²) in [6, 6.07) is -0.889. The first-order chi connectivity index (χ1) is 42.3. The fraction of sp³-hybridized carbons (Fsp3) is 0.750. The molecule has 3 rings (SSSR count). The maximum atomic E-state index is 13.3. The predicted molar refractivity (Wildman–Crippen MR) is 337 cm³/mol. The lowest BCUT2D eigenvalue weighted by Crippen LogP contribution is -2.66. The summed E-state index contributed by atoms with van der Waals surface area (Å²) in [6.45, 7) is 1.54. The van der Waals surface area contributed by atoms with Crippen molar-refractivity contribution in [2.24, 2.45) is 0 Å². The van der Waals surface area contributed by atoms with E-state index in [1.54, 1.807) is 0 Å². The lowest BCUT2D eigenvalue weighted by atomic mass is 9.96. The van der Waals surface area contributed by atoms with Crippen molar-refractivity contribution in [3.63, 3.8) is 0 Å². The number of rotatable bonds is 48. The van der Waals surface area contributed by atoms with Crippen molar-refractivity contribution in [3.8, 4) is 0 Å². The molecule has 0 saturated carbocycles. The van der Waals surface area contributed by atoms with Crippen LogP contribution in [-0.2, 0) is 33.2 Å². The Labute approximate surface area is 520 Å². The molecule has 87 heavy (non-hydrogen) atoms. The van der Waals surface area contributed by atoms with Gasteiger partial charge in [-0.15, -0.1) is 0 Å². The van der Waals surface area contributed by atoms with Crippen LogP contribution in [0.5, 0.6) is 0 Å². The minimum Gasteiger partial charge on any atom is -0.394 e. The van der Waals surface area contributed by atoms with Crippen molar-refractivity contribution in [1.82, 2.24) is 5.32 Å². The molecule has 0 aromatic rings. The third-order valence-electron chi connectivity index (χ3n) is 15.9. The van der Waals surface area contributed by atoms with E-state index in [4.69, 9.17) is 28.4 Å². The molecule has 0 aromatic heterocycles. The summed E-state index contributed by atoms with van der Waals surface area (Å²) in [6.07, 6.45) is 37.3. The van der Waals surface area contributed by atoms with E-state index in [0.717, 1.165) is 103 Å². The van der Waals surface area contributed by atoms with Crippen LogP contribution in [0.4, 0.5) is 0 Å². The van der Waals surface area contributed by atoms with Crippen molar-refractivity contribution in [2.45, 2.75) is 298 Å². The average molecular weight is 1230 g/mol. The summed E-state index contributed by atoms with van der Waals surface area (Å²) in [7, 11) is 0. The van der Waals surface area contributed by atoms with E-state index >= 15 is 0 Å². The van der Waals surface area contributed by atoms with Crippen molar-refractivity contribution in [3.05, 3.63) is 97.2 Å². The zero-order valence-corrected chi connectivity index (χ0v) is 52.5. The first-order valence-electron chi connectivity index (χ1n) is 33.0. The van der Waals surface area contributed by atoms with Gasteiger partial charge >= 0.3 is 0 Å². The van der Waals surface area contributed by atoms with E-state index in [9.17, 15) is 61.0 Å². The third kappa shape index (κ3) is 32.0. The summed E-state index contributed by atoms with van der Waals surface area (Å²) >= 11 is 0. The number of hydrogen-bond acceptors (Lipinski definition) is 18. The molecule has 19 nitrogen and oxygen atoms in total. The van der Waals surface area contributed by atoms with E-state index in [-0.39, 0.29) is 18.9 Å². The molecule has 3 aliphatic rings. The third-order valence-corrected chi connectivity index (χ3v) is 15.9. The molecule has 12 N–H and O–H groups in total. The Kier molecular flexibility index (Phi) is 44.3. The van der Waals surface area contributed by atoms with Crippen molar-refractivity contribution in [1.29, 1.82) is 0 Å². The summed E-state index contributed by atoms with van der Waals surface area (Å²) in [4.78, 5) is 13.3. The zero-order valence-electron chi connectivity index (χ0n) is 52.5. The van der Waals surface area contributed by atoms with Crippen LogP contribution in [0.3, 0.4) is 0 Å². The molecule has 3 saturated heterocycles. The van der Waals surface area contributed by atoms with E-state index < -0.39 is 124 Å². The van der Waals surface area contributed by atoms with E-state index in [1.165, 1.54) is 51.4 Å². The minimum absolute atomic E-state index is 0.257. The summed E-state index contributed by atoms with van der Waals surface area (Å²) in [5.74, 6) is -0.257. The minimum atomic E-state index is -1.97. The molecule has 0 bridgehead atoms. The Bertz CT molecular complexity index is 1960. The van der Waals surface area contributed by atoms with E-state index in [1.807, 2.05) is 0 Å². The monoisotopic (exact) mass is 1230 g/mol. The largest absolute Gasteiger partial charge is 0.394 e. The maximum absolute atomic E-state index is 13.3. The zero-order chi connectivity index (χ0) is 63.3. The summed E-state index contributed by atoms with van der Waals surface area (Å²) in [5, 5.41) is 120. The molecule has 0 aliphatic carbocycles. The van der Waals surface area contributed by atoms with Crippen LogP contribution in [0.1, 0.15) is 194 Å². The molecule has 500 valence electrons. The van der Waals surface area contributed by atoms with Crippen LogP contribution in [0.25, 0.3) is 0 Å². The van der Waals surface area contributed by atoms with Gasteiger partial charge < -0.3 is 89.9 Å². The van der Waals surface area contributed by atoms with Gasteiger partial charge in [0.05, 0.1) is 38.6 Å². The Morgan fingerprint density at radius 1 is 0.425 bits per heavy atom. The molecule has 17 atom stereocenters. The highest BCUT2D eigenvalue weighted by atomic mass is 16.8. The van der Waals surface area contributed by atoms with Crippen LogP contribution < -0.4 is 5.32 Å². The number of allylic oxidation sites excluding steroid dienone is 16. The van der Waals surface area contributed by atoms with Gasteiger partial charge in [0.2, 0.25) is 5.91 Å². The quantitative estimate of drug-likeness (QED) is 0.0205. The topological polar surface area (TPSA) is 307 Å². The molecular weight excluding hydrogens is 1120 g/mol. The van der Waals surface area contributed by atoms with Gasteiger partial charge in [-0.05, 0) is 77.0 Å². The smallest absolute Gasteiger partial charge is 0.220 e. The predicted octanol–water partition coefficient (Wildman–Crippen LogP) is 7.71. The number of carbonyl (C=O) groups is 1. The SMILES string of the molecule is CC/C=C\C/C=C\C/C=C\C/C=C\C/C=C\C/C=C\C/C=C\C/C=C\CCCCCCCCCCCCCCC(=O)NC(COC1OC(CO)C(OC2OC(CO)C(OC3OC(CO)C(O)C(O)C3O)C(O)C2O)C(O)C1O)C(O)CCCCCCC. The van der Waals surface area contributed by atoms with Crippen LogP contribution in [0, 0.1) is 0 Å². The number of nitrogens with one attached hydrogen (secondary N) is 1. The average Bonchev–Trinajstić information content (AvgIpc) is 2.33. The molecule has 1 amide bonds.